The predicted molar refractivity (Wildman–Crippen MR) is 77.3 cm³/mol. The number of halogens is 1. The largest absolute Gasteiger partial charge is 0.493 e. The molecule has 4 heteroatoms. The van der Waals surface area contributed by atoms with Crippen LogP contribution in [-0.2, 0) is 4.79 Å². The predicted octanol–water partition coefficient (Wildman–Crippen LogP) is 2.91. The number of aryl methyl sites for hydroxylation is 1. The number of hydrogen-bond acceptors (Lipinski definition) is 2. The molecule has 0 aliphatic rings. The smallest absolute Gasteiger partial charge is 0.223 e. The first kappa shape index (κ1) is 15.0. The van der Waals surface area contributed by atoms with Crippen LogP contribution in [-0.4, -0.2) is 24.4 Å². The Morgan fingerprint density at radius 3 is 2.94 bits per heavy atom. The molecular weight excluding hydrogens is 294 g/mol. The van der Waals surface area contributed by atoms with Crippen LogP contribution in [0.5, 0.6) is 5.75 Å². The minimum Gasteiger partial charge on any atom is -0.493 e. The van der Waals surface area contributed by atoms with Gasteiger partial charge in [-0.2, -0.15) is 0 Å². The first-order valence-corrected chi connectivity index (χ1v) is 7.26. The lowest BCUT2D eigenvalue weighted by atomic mass is 10.2. The van der Waals surface area contributed by atoms with Crippen LogP contribution in [0.2, 0.25) is 0 Å². The Hall–Kier alpha value is -1.03. The van der Waals surface area contributed by atoms with Crippen LogP contribution in [0, 0.1) is 12.8 Å². The Labute approximate surface area is 117 Å². The van der Waals surface area contributed by atoms with E-state index in [1.54, 1.807) is 0 Å². The number of benzene rings is 1. The van der Waals surface area contributed by atoms with E-state index < -0.39 is 0 Å². The maximum absolute atomic E-state index is 11.5. The minimum atomic E-state index is 0.0375. The van der Waals surface area contributed by atoms with E-state index in [0.717, 1.165) is 16.6 Å². The van der Waals surface area contributed by atoms with Crippen molar-refractivity contribution < 1.29 is 9.53 Å². The van der Waals surface area contributed by atoms with Crippen molar-refractivity contribution in [3.63, 3.8) is 0 Å². The SMILES string of the molecule is Cc1cccc(OCCC(=O)NCC(C)CBr)c1. The molecule has 1 aromatic rings. The van der Waals surface area contributed by atoms with Crippen LogP contribution in [0.1, 0.15) is 18.9 Å². The van der Waals surface area contributed by atoms with Crippen LogP contribution < -0.4 is 10.1 Å². The molecule has 0 aliphatic heterocycles. The molecule has 0 saturated carbocycles. The molecular formula is C14H20BrNO2. The van der Waals surface area contributed by atoms with E-state index in [1.807, 2.05) is 31.2 Å². The second-order valence-corrected chi connectivity index (χ2v) is 5.13. The number of carbonyl (C=O) groups is 1. The summed E-state index contributed by atoms with van der Waals surface area (Å²) in [5, 5.41) is 3.78. The van der Waals surface area contributed by atoms with Crippen LogP contribution >= 0.6 is 15.9 Å². The number of alkyl halides is 1. The van der Waals surface area contributed by atoms with Crippen molar-refractivity contribution in [3.8, 4) is 5.75 Å². The number of carbonyl (C=O) groups excluding carboxylic acids is 1. The first-order valence-electron chi connectivity index (χ1n) is 6.14. The summed E-state index contributed by atoms with van der Waals surface area (Å²) < 4.78 is 5.52. The summed E-state index contributed by atoms with van der Waals surface area (Å²) in [7, 11) is 0. The highest BCUT2D eigenvalue weighted by molar-refractivity contribution is 9.09. The molecule has 18 heavy (non-hydrogen) atoms. The molecule has 1 rings (SSSR count). The molecule has 0 radical (unpaired) electrons. The zero-order valence-electron chi connectivity index (χ0n) is 10.9. The van der Waals surface area contributed by atoms with Crippen molar-refractivity contribution in [1.29, 1.82) is 0 Å². The van der Waals surface area contributed by atoms with Crippen molar-refractivity contribution in [2.75, 3.05) is 18.5 Å². The Balaban J connectivity index is 2.19. The monoisotopic (exact) mass is 313 g/mol. The normalized spacial score (nSPS) is 11.9. The van der Waals surface area contributed by atoms with E-state index >= 15 is 0 Å². The molecule has 0 fully saturated rings. The highest BCUT2D eigenvalue weighted by atomic mass is 79.9. The number of rotatable bonds is 7. The van der Waals surface area contributed by atoms with Gasteiger partial charge in [0.05, 0.1) is 13.0 Å². The van der Waals surface area contributed by atoms with Gasteiger partial charge in [0.1, 0.15) is 5.75 Å². The molecule has 0 saturated heterocycles. The molecule has 0 aliphatic carbocycles. The summed E-state index contributed by atoms with van der Waals surface area (Å²) >= 11 is 3.38. The van der Waals surface area contributed by atoms with Gasteiger partial charge in [-0.3, -0.25) is 4.79 Å². The lowest BCUT2D eigenvalue weighted by Crippen LogP contribution is -2.29. The van der Waals surface area contributed by atoms with E-state index in [0.29, 0.717) is 25.5 Å². The van der Waals surface area contributed by atoms with Crippen LogP contribution in [0.25, 0.3) is 0 Å². The molecule has 1 unspecified atom stereocenters. The van der Waals surface area contributed by atoms with Crippen LogP contribution in [0.15, 0.2) is 24.3 Å². The molecule has 1 N–H and O–H groups in total. The average molecular weight is 314 g/mol. The average Bonchev–Trinajstić information content (AvgIpc) is 2.36. The Morgan fingerprint density at radius 1 is 1.50 bits per heavy atom. The fourth-order valence-electron chi connectivity index (χ4n) is 1.40. The molecule has 100 valence electrons. The number of hydrogen-bond donors (Lipinski definition) is 1. The van der Waals surface area contributed by atoms with E-state index in [4.69, 9.17) is 4.74 Å². The van der Waals surface area contributed by atoms with Gasteiger partial charge >= 0.3 is 0 Å². The lowest BCUT2D eigenvalue weighted by molar-refractivity contribution is -0.121. The van der Waals surface area contributed by atoms with E-state index in [2.05, 4.69) is 28.2 Å². The molecule has 0 spiro atoms. The van der Waals surface area contributed by atoms with Crippen LogP contribution in [0.4, 0.5) is 0 Å². The van der Waals surface area contributed by atoms with Crippen molar-refractivity contribution in [3.05, 3.63) is 29.8 Å². The van der Waals surface area contributed by atoms with E-state index in [1.165, 1.54) is 0 Å². The van der Waals surface area contributed by atoms with Crippen molar-refractivity contribution in [2.45, 2.75) is 20.3 Å². The molecule has 1 amide bonds. The molecule has 0 bridgehead atoms. The van der Waals surface area contributed by atoms with Gasteiger partial charge < -0.3 is 10.1 Å². The highest BCUT2D eigenvalue weighted by Crippen LogP contribution is 2.12. The van der Waals surface area contributed by atoms with E-state index in [9.17, 15) is 4.79 Å². The van der Waals surface area contributed by atoms with Gasteiger partial charge in [-0.15, -0.1) is 0 Å². The molecule has 1 atom stereocenters. The summed E-state index contributed by atoms with van der Waals surface area (Å²) in [6.45, 7) is 5.21. The first-order chi connectivity index (χ1) is 8.61. The molecule has 0 heterocycles. The standard InChI is InChI=1S/C14H20BrNO2/c1-11-4-3-5-13(8-11)18-7-6-14(17)16-10-12(2)9-15/h3-5,8,12H,6-7,9-10H2,1-2H3,(H,16,17). The number of ether oxygens (including phenoxy) is 1. The van der Waals surface area contributed by atoms with Gasteiger partial charge in [0.2, 0.25) is 5.91 Å². The van der Waals surface area contributed by atoms with Gasteiger partial charge in [-0.05, 0) is 30.5 Å². The number of amides is 1. The second kappa shape index (κ2) is 8.14. The van der Waals surface area contributed by atoms with Crippen molar-refractivity contribution in [1.82, 2.24) is 5.32 Å². The Kier molecular flexibility index (Phi) is 6.80. The quantitative estimate of drug-likeness (QED) is 0.786. The lowest BCUT2D eigenvalue weighted by Gasteiger charge is -2.10. The maximum Gasteiger partial charge on any atom is 0.223 e. The fourth-order valence-corrected chi connectivity index (χ4v) is 1.63. The molecule has 0 aromatic heterocycles. The zero-order chi connectivity index (χ0) is 13.4. The highest BCUT2D eigenvalue weighted by Gasteiger charge is 2.04. The third-order valence-corrected chi connectivity index (χ3v) is 3.60. The van der Waals surface area contributed by atoms with Crippen molar-refractivity contribution in [2.24, 2.45) is 5.92 Å². The van der Waals surface area contributed by atoms with Gasteiger partial charge in [0.15, 0.2) is 0 Å². The number of nitrogens with one attached hydrogen (secondary N) is 1. The topological polar surface area (TPSA) is 38.3 Å². The van der Waals surface area contributed by atoms with Gasteiger partial charge in [0.25, 0.3) is 0 Å². The Bertz CT molecular complexity index is 382. The summed E-state index contributed by atoms with van der Waals surface area (Å²) in [5.41, 5.74) is 1.16. The van der Waals surface area contributed by atoms with Gasteiger partial charge in [-0.1, -0.05) is 35.0 Å². The molecule has 1 aromatic carbocycles. The van der Waals surface area contributed by atoms with E-state index in [-0.39, 0.29) is 5.91 Å². The zero-order valence-corrected chi connectivity index (χ0v) is 12.5. The summed E-state index contributed by atoms with van der Waals surface area (Å²) in [4.78, 5) is 11.5. The Morgan fingerprint density at radius 2 is 2.28 bits per heavy atom. The summed E-state index contributed by atoms with van der Waals surface area (Å²) in [6, 6.07) is 7.83. The third-order valence-electron chi connectivity index (χ3n) is 2.50. The summed E-state index contributed by atoms with van der Waals surface area (Å²) in [5.74, 6) is 1.30. The summed E-state index contributed by atoms with van der Waals surface area (Å²) in [6.07, 6.45) is 0.392. The fraction of sp³-hybridized carbons (Fsp3) is 0.500. The maximum atomic E-state index is 11.5. The van der Waals surface area contributed by atoms with Crippen molar-refractivity contribution >= 4 is 21.8 Å². The minimum absolute atomic E-state index is 0.0375. The van der Waals surface area contributed by atoms with Gasteiger partial charge in [0, 0.05) is 11.9 Å². The third kappa shape index (κ3) is 6.05. The van der Waals surface area contributed by atoms with Crippen LogP contribution in [0.3, 0.4) is 0 Å². The molecule has 3 nitrogen and oxygen atoms in total. The van der Waals surface area contributed by atoms with Gasteiger partial charge in [-0.25, -0.2) is 0 Å². The second-order valence-electron chi connectivity index (χ2n) is 4.48.